The summed E-state index contributed by atoms with van der Waals surface area (Å²) in [6, 6.07) is 7.60. The molecular formula is C17H20N6O2S2. The fourth-order valence-electron chi connectivity index (χ4n) is 2.34. The van der Waals surface area contributed by atoms with Gasteiger partial charge in [-0.1, -0.05) is 30.0 Å². The topological polar surface area (TPSA) is 94.8 Å². The lowest BCUT2D eigenvalue weighted by Crippen LogP contribution is -2.14. The van der Waals surface area contributed by atoms with Gasteiger partial charge in [0.2, 0.25) is 11.0 Å². The summed E-state index contributed by atoms with van der Waals surface area (Å²) in [5.74, 6) is 1.59. The number of ether oxygens (including phenoxy) is 1. The molecule has 0 radical (unpaired) electrons. The molecule has 0 bridgehead atoms. The highest BCUT2D eigenvalue weighted by atomic mass is 32.2. The van der Waals surface area contributed by atoms with Gasteiger partial charge < -0.3 is 9.30 Å². The van der Waals surface area contributed by atoms with Crippen molar-refractivity contribution in [2.24, 2.45) is 7.05 Å². The van der Waals surface area contributed by atoms with E-state index < -0.39 is 0 Å². The standard InChI is InChI=1S/C17H20N6O2S2/c1-4-5-14-19-21-16(27-14)18-13(24)10-26-17-22-20-15(23(17)2)11-6-8-12(25-3)9-7-11/h6-9H,4-5,10H2,1-3H3,(H,18,21,24). The zero-order valence-electron chi connectivity index (χ0n) is 15.3. The molecule has 0 fully saturated rings. The van der Waals surface area contributed by atoms with Gasteiger partial charge in [-0.15, -0.1) is 20.4 Å². The Hall–Kier alpha value is -2.46. The van der Waals surface area contributed by atoms with E-state index in [1.807, 2.05) is 35.9 Å². The second-order valence-electron chi connectivity index (χ2n) is 5.68. The number of thioether (sulfide) groups is 1. The van der Waals surface area contributed by atoms with Gasteiger partial charge in [-0.2, -0.15) is 0 Å². The Bertz CT molecular complexity index is 907. The zero-order chi connectivity index (χ0) is 19.2. The van der Waals surface area contributed by atoms with Gasteiger partial charge in [0.05, 0.1) is 12.9 Å². The Labute approximate surface area is 165 Å². The van der Waals surface area contributed by atoms with Crippen LogP contribution in [-0.4, -0.2) is 43.7 Å². The van der Waals surface area contributed by atoms with E-state index in [1.54, 1.807) is 7.11 Å². The smallest absolute Gasteiger partial charge is 0.236 e. The largest absolute Gasteiger partial charge is 0.497 e. The molecule has 0 spiro atoms. The van der Waals surface area contributed by atoms with Crippen molar-refractivity contribution in [3.05, 3.63) is 29.3 Å². The number of anilines is 1. The lowest BCUT2D eigenvalue weighted by molar-refractivity contribution is -0.113. The van der Waals surface area contributed by atoms with Crippen LogP contribution in [0.2, 0.25) is 0 Å². The number of nitrogens with one attached hydrogen (secondary N) is 1. The van der Waals surface area contributed by atoms with E-state index >= 15 is 0 Å². The summed E-state index contributed by atoms with van der Waals surface area (Å²) in [6.07, 6.45) is 1.87. The molecule has 0 aliphatic carbocycles. The summed E-state index contributed by atoms with van der Waals surface area (Å²) in [5.41, 5.74) is 0.930. The van der Waals surface area contributed by atoms with E-state index in [0.29, 0.717) is 10.3 Å². The van der Waals surface area contributed by atoms with Gasteiger partial charge in [0.25, 0.3) is 0 Å². The molecule has 2 heterocycles. The van der Waals surface area contributed by atoms with Gasteiger partial charge in [0, 0.05) is 19.0 Å². The first-order valence-electron chi connectivity index (χ1n) is 8.39. The molecule has 2 aromatic heterocycles. The van der Waals surface area contributed by atoms with Crippen molar-refractivity contribution < 1.29 is 9.53 Å². The summed E-state index contributed by atoms with van der Waals surface area (Å²) < 4.78 is 7.03. The van der Waals surface area contributed by atoms with E-state index in [4.69, 9.17) is 4.74 Å². The molecule has 27 heavy (non-hydrogen) atoms. The van der Waals surface area contributed by atoms with E-state index in [-0.39, 0.29) is 11.7 Å². The summed E-state index contributed by atoms with van der Waals surface area (Å²) in [4.78, 5) is 12.1. The van der Waals surface area contributed by atoms with Crippen molar-refractivity contribution >= 4 is 34.1 Å². The number of hydrogen-bond donors (Lipinski definition) is 1. The van der Waals surface area contributed by atoms with Crippen molar-refractivity contribution in [3.63, 3.8) is 0 Å². The van der Waals surface area contributed by atoms with Crippen molar-refractivity contribution in [2.45, 2.75) is 24.9 Å². The van der Waals surface area contributed by atoms with Crippen LogP contribution in [0, 0.1) is 0 Å². The lowest BCUT2D eigenvalue weighted by Gasteiger charge is -2.05. The van der Waals surface area contributed by atoms with Gasteiger partial charge >= 0.3 is 0 Å². The normalized spacial score (nSPS) is 10.8. The highest BCUT2D eigenvalue weighted by molar-refractivity contribution is 7.99. The first kappa shape index (κ1) is 19.3. The molecule has 1 aromatic carbocycles. The van der Waals surface area contributed by atoms with Crippen molar-refractivity contribution in [1.29, 1.82) is 0 Å². The second kappa shape index (κ2) is 8.96. The van der Waals surface area contributed by atoms with E-state index in [2.05, 4.69) is 32.6 Å². The molecule has 3 aromatic rings. The minimum absolute atomic E-state index is 0.145. The highest BCUT2D eigenvalue weighted by Gasteiger charge is 2.14. The number of methoxy groups -OCH3 is 1. The molecule has 0 aliphatic rings. The number of nitrogens with zero attached hydrogens (tertiary/aromatic N) is 5. The predicted octanol–water partition coefficient (Wildman–Crippen LogP) is 3.03. The molecule has 0 atom stereocenters. The maximum absolute atomic E-state index is 12.1. The summed E-state index contributed by atoms with van der Waals surface area (Å²) >= 11 is 2.73. The SMILES string of the molecule is CCCc1nnc(NC(=O)CSc2nnc(-c3ccc(OC)cc3)n2C)s1. The molecule has 0 saturated carbocycles. The highest BCUT2D eigenvalue weighted by Crippen LogP contribution is 2.24. The second-order valence-corrected chi connectivity index (χ2v) is 7.69. The van der Waals surface area contributed by atoms with Crippen LogP contribution >= 0.6 is 23.1 Å². The zero-order valence-corrected chi connectivity index (χ0v) is 16.9. The first-order valence-corrected chi connectivity index (χ1v) is 10.2. The maximum atomic E-state index is 12.1. The Balaban J connectivity index is 1.59. The molecule has 0 aliphatic heterocycles. The van der Waals surface area contributed by atoms with Gasteiger partial charge in [-0.05, 0) is 30.7 Å². The predicted molar refractivity (Wildman–Crippen MR) is 106 cm³/mol. The van der Waals surface area contributed by atoms with E-state index in [9.17, 15) is 4.79 Å². The Morgan fingerprint density at radius 3 is 2.70 bits per heavy atom. The van der Waals surface area contributed by atoms with Crippen LogP contribution in [0.4, 0.5) is 5.13 Å². The van der Waals surface area contributed by atoms with Gasteiger partial charge in [0.15, 0.2) is 11.0 Å². The van der Waals surface area contributed by atoms with E-state index in [1.165, 1.54) is 23.1 Å². The fourth-order valence-corrected chi connectivity index (χ4v) is 3.91. The third kappa shape index (κ3) is 4.83. The molecule has 10 heteroatoms. The molecule has 0 unspecified atom stereocenters. The molecular weight excluding hydrogens is 384 g/mol. The molecule has 3 rings (SSSR count). The number of benzene rings is 1. The number of amides is 1. The molecule has 142 valence electrons. The monoisotopic (exact) mass is 404 g/mol. The van der Waals surface area contributed by atoms with E-state index in [0.717, 1.165) is 35.0 Å². The van der Waals surface area contributed by atoms with Crippen LogP contribution < -0.4 is 10.1 Å². The Morgan fingerprint density at radius 2 is 2.00 bits per heavy atom. The number of carbonyl (C=O) groups excluding carboxylic acids is 1. The van der Waals surface area contributed by atoms with Crippen LogP contribution in [0.1, 0.15) is 18.4 Å². The molecule has 8 nitrogen and oxygen atoms in total. The van der Waals surface area contributed by atoms with Crippen LogP contribution in [0.3, 0.4) is 0 Å². The van der Waals surface area contributed by atoms with Crippen LogP contribution in [0.5, 0.6) is 5.75 Å². The van der Waals surface area contributed by atoms with Crippen LogP contribution in [0.15, 0.2) is 29.4 Å². The lowest BCUT2D eigenvalue weighted by atomic mass is 10.2. The molecule has 0 saturated heterocycles. The van der Waals surface area contributed by atoms with Crippen LogP contribution in [0.25, 0.3) is 11.4 Å². The third-order valence-corrected chi connectivity index (χ3v) is 5.61. The first-order chi connectivity index (χ1) is 13.1. The Morgan fingerprint density at radius 1 is 1.22 bits per heavy atom. The Kier molecular flexibility index (Phi) is 6.40. The van der Waals surface area contributed by atoms with Crippen molar-refractivity contribution in [1.82, 2.24) is 25.0 Å². The average Bonchev–Trinajstić information content (AvgIpc) is 3.27. The average molecular weight is 405 g/mol. The summed E-state index contributed by atoms with van der Waals surface area (Å²) in [7, 11) is 3.51. The maximum Gasteiger partial charge on any atom is 0.236 e. The van der Waals surface area contributed by atoms with Crippen molar-refractivity contribution in [2.75, 3.05) is 18.2 Å². The summed E-state index contributed by atoms with van der Waals surface area (Å²) in [5, 5.41) is 21.3. The fraction of sp³-hybridized carbons (Fsp3) is 0.353. The minimum atomic E-state index is -0.145. The van der Waals surface area contributed by atoms with Gasteiger partial charge in [-0.25, -0.2) is 0 Å². The molecule has 1 amide bonds. The summed E-state index contributed by atoms with van der Waals surface area (Å²) in [6.45, 7) is 2.08. The third-order valence-electron chi connectivity index (χ3n) is 3.69. The van der Waals surface area contributed by atoms with Gasteiger partial charge in [0.1, 0.15) is 10.8 Å². The number of rotatable bonds is 8. The number of carbonyl (C=O) groups is 1. The van der Waals surface area contributed by atoms with Crippen LogP contribution in [-0.2, 0) is 18.3 Å². The van der Waals surface area contributed by atoms with Crippen molar-refractivity contribution in [3.8, 4) is 17.1 Å². The number of aromatic nitrogens is 5. The number of hydrogen-bond acceptors (Lipinski definition) is 8. The number of aryl methyl sites for hydroxylation is 1. The van der Waals surface area contributed by atoms with Gasteiger partial charge in [-0.3, -0.25) is 10.1 Å². The molecule has 1 N–H and O–H groups in total. The minimum Gasteiger partial charge on any atom is -0.497 e. The quantitative estimate of drug-likeness (QED) is 0.577.